The van der Waals surface area contributed by atoms with Crippen LogP contribution in [-0.2, 0) is 17.9 Å². The number of ether oxygens (including phenoxy) is 1. The van der Waals surface area contributed by atoms with Crippen molar-refractivity contribution in [3.05, 3.63) is 47.0 Å². The van der Waals surface area contributed by atoms with E-state index in [1.54, 1.807) is 11.3 Å². The first-order valence-corrected chi connectivity index (χ1v) is 8.19. The third-order valence-corrected chi connectivity index (χ3v) is 4.63. The van der Waals surface area contributed by atoms with E-state index in [9.17, 15) is 0 Å². The highest BCUT2D eigenvalue weighted by Crippen LogP contribution is 2.21. The number of hydrogen-bond donors (Lipinski definition) is 1. The molecule has 1 saturated heterocycles. The minimum atomic E-state index is 0. The van der Waals surface area contributed by atoms with Crippen LogP contribution in [0.5, 0.6) is 0 Å². The second kappa shape index (κ2) is 8.48. The largest absolute Gasteiger partial charge is 0.375 e. The van der Waals surface area contributed by atoms with E-state index in [1.807, 2.05) is 12.3 Å². The van der Waals surface area contributed by atoms with Crippen molar-refractivity contribution in [2.24, 2.45) is 0 Å². The maximum absolute atomic E-state index is 6.02. The molecule has 3 rings (SSSR count). The first-order chi connectivity index (χ1) is 10.3. The Hall–Kier alpha value is -1.14. The van der Waals surface area contributed by atoms with Gasteiger partial charge in [-0.1, -0.05) is 30.3 Å². The van der Waals surface area contributed by atoms with E-state index < -0.39 is 0 Å². The number of rotatable bonds is 5. The molecule has 0 bridgehead atoms. The van der Waals surface area contributed by atoms with Crippen molar-refractivity contribution >= 4 is 28.9 Å². The lowest BCUT2D eigenvalue weighted by Gasteiger charge is -2.31. The fourth-order valence-electron chi connectivity index (χ4n) is 2.64. The molecule has 1 aliphatic rings. The highest BCUT2D eigenvalue weighted by molar-refractivity contribution is 7.15. The lowest BCUT2D eigenvalue weighted by molar-refractivity contribution is -0.00377. The second-order valence-electron chi connectivity index (χ2n) is 5.44. The number of thiazole rings is 1. The van der Waals surface area contributed by atoms with Gasteiger partial charge in [0.2, 0.25) is 0 Å². The molecular formula is C16H22ClN3OS. The number of anilines is 1. The highest BCUT2D eigenvalue weighted by Gasteiger charge is 2.20. The molecule has 0 saturated carbocycles. The van der Waals surface area contributed by atoms with Crippen LogP contribution in [0.15, 0.2) is 36.5 Å². The molecule has 22 heavy (non-hydrogen) atoms. The summed E-state index contributed by atoms with van der Waals surface area (Å²) in [5.74, 6) is 0. The van der Waals surface area contributed by atoms with Crippen molar-refractivity contribution < 1.29 is 4.74 Å². The molecule has 1 aromatic heterocycles. The molecule has 0 unspecified atom stereocenters. The minimum absolute atomic E-state index is 0. The normalized spacial score (nSPS) is 16.4. The lowest BCUT2D eigenvalue weighted by Crippen LogP contribution is -2.36. The van der Waals surface area contributed by atoms with Gasteiger partial charge in [0.25, 0.3) is 0 Å². The van der Waals surface area contributed by atoms with E-state index >= 15 is 0 Å². The van der Waals surface area contributed by atoms with Crippen molar-refractivity contribution in [2.75, 3.05) is 18.8 Å². The Morgan fingerprint density at radius 2 is 1.95 bits per heavy atom. The standard InChI is InChI=1S/C16H21N3OS.ClH/c17-16-18-10-15(21-16)11-19-8-6-14(7-9-19)20-12-13-4-2-1-3-5-13;/h1-5,10,14H,6-9,11-12H2,(H2,17,18);1H. The predicted octanol–water partition coefficient (Wildman–Crippen LogP) is 3.33. The van der Waals surface area contributed by atoms with Crippen LogP contribution in [0.1, 0.15) is 23.3 Å². The Labute approximate surface area is 141 Å². The Balaban J connectivity index is 0.00000176. The Morgan fingerprint density at radius 1 is 1.23 bits per heavy atom. The van der Waals surface area contributed by atoms with E-state index in [0.29, 0.717) is 11.2 Å². The molecule has 6 heteroatoms. The van der Waals surface area contributed by atoms with Gasteiger partial charge >= 0.3 is 0 Å². The number of nitrogens with two attached hydrogens (primary N) is 1. The molecule has 0 atom stereocenters. The van der Waals surface area contributed by atoms with E-state index in [2.05, 4.69) is 34.1 Å². The topological polar surface area (TPSA) is 51.4 Å². The number of piperidine rings is 1. The van der Waals surface area contributed by atoms with Gasteiger partial charge in [-0.3, -0.25) is 4.90 Å². The molecule has 0 amide bonds. The van der Waals surface area contributed by atoms with Gasteiger partial charge in [-0.2, -0.15) is 0 Å². The quantitative estimate of drug-likeness (QED) is 0.907. The molecule has 0 spiro atoms. The van der Waals surface area contributed by atoms with Gasteiger partial charge in [-0.25, -0.2) is 4.98 Å². The van der Waals surface area contributed by atoms with Gasteiger partial charge in [0, 0.05) is 30.7 Å². The van der Waals surface area contributed by atoms with Crippen LogP contribution in [0.2, 0.25) is 0 Å². The van der Waals surface area contributed by atoms with Gasteiger partial charge in [0.05, 0.1) is 12.7 Å². The molecule has 120 valence electrons. The van der Waals surface area contributed by atoms with E-state index in [0.717, 1.165) is 39.1 Å². The zero-order valence-corrected chi connectivity index (χ0v) is 14.1. The second-order valence-corrected chi connectivity index (χ2v) is 6.58. The minimum Gasteiger partial charge on any atom is -0.375 e. The maximum Gasteiger partial charge on any atom is 0.180 e. The first kappa shape index (κ1) is 17.2. The number of hydrogen-bond acceptors (Lipinski definition) is 5. The van der Waals surface area contributed by atoms with Crippen molar-refractivity contribution in [2.45, 2.75) is 32.1 Å². The maximum atomic E-state index is 6.02. The third-order valence-electron chi connectivity index (χ3n) is 3.81. The summed E-state index contributed by atoms with van der Waals surface area (Å²) in [4.78, 5) is 7.81. The van der Waals surface area contributed by atoms with Gasteiger partial charge in [-0.15, -0.1) is 23.7 Å². The van der Waals surface area contributed by atoms with Gasteiger partial charge in [0.15, 0.2) is 5.13 Å². The van der Waals surface area contributed by atoms with Crippen molar-refractivity contribution in [1.29, 1.82) is 0 Å². The zero-order chi connectivity index (χ0) is 14.5. The van der Waals surface area contributed by atoms with E-state index in [-0.39, 0.29) is 12.4 Å². The number of nitrogen functional groups attached to an aromatic ring is 1. The number of aromatic nitrogens is 1. The number of nitrogens with zero attached hydrogens (tertiary/aromatic N) is 2. The van der Waals surface area contributed by atoms with Crippen LogP contribution >= 0.6 is 23.7 Å². The molecule has 1 aliphatic heterocycles. The van der Waals surface area contributed by atoms with E-state index in [4.69, 9.17) is 10.5 Å². The van der Waals surface area contributed by atoms with Gasteiger partial charge in [-0.05, 0) is 18.4 Å². The monoisotopic (exact) mass is 339 g/mol. The summed E-state index contributed by atoms with van der Waals surface area (Å²) in [5.41, 5.74) is 6.92. The summed E-state index contributed by atoms with van der Waals surface area (Å²) >= 11 is 1.58. The Morgan fingerprint density at radius 3 is 2.59 bits per heavy atom. The number of likely N-dealkylation sites (tertiary alicyclic amines) is 1. The van der Waals surface area contributed by atoms with Crippen LogP contribution in [0.4, 0.5) is 5.13 Å². The summed E-state index contributed by atoms with van der Waals surface area (Å²) < 4.78 is 6.02. The predicted molar refractivity (Wildman–Crippen MR) is 93.3 cm³/mol. The third kappa shape index (κ3) is 4.95. The average Bonchev–Trinajstić information content (AvgIpc) is 2.93. The smallest absolute Gasteiger partial charge is 0.180 e. The Bertz CT molecular complexity index is 556. The molecule has 2 aromatic rings. The van der Waals surface area contributed by atoms with Crippen LogP contribution in [0.3, 0.4) is 0 Å². The van der Waals surface area contributed by atoms with Crippen LogP contribution in [-0.4, -0.2) is 29.1 Å². The lowest BCUT2D eigenvalue weighted by atomic mass is 10.1. The number of halogens is 1. The molecule has 2 N–H and O–H groups in total. The fraction of sp³-hybridized carbons (Fsp3) is 0.438. The van der Waals surface area contributed by atoms with Gasteiger partial charge in [0.1, 0.15) is 0 Å². The van der Waals surface area contributed by atoms with Crippen molar-refractivity contribution in [3.63, 3.8) is 0 Å². The molecule has 0 radical (unpaired) electrons. The van der Waals surface area contributed by atoms with Crippen LogP contribution < -0.4 is 5.73 Å². The van der Waals surface area contributed by atoms with Gasteiger partial charge < -0.3 is 10.5 Å². The van der Waals surface area contributed by atoms with Crippen LogP contribution in [0.25, 0.3) is 0 Å². The summed E-state index contributed by atoms with van der Waals surface area (Å²) in [5, 5.41) is 0.658. The summed E-state index contributed by atoms with van der Waals surface area (Å²) in [6, 6.07) is 10.4. The molecule has 1 aromatic carbocycles. The molecule has 4 nitrogen and oxygen atoms in total. The van der Waals surface area contributed by atoms with Crippen molar-refractivity contribution in [1.82, 2.24) is 9.88 Å². The molecule has 0 aliphatic carbocycles. The summed E-state index contributed by atoms with van der Waals surface area (Å²) in [6.45, 7) is 3.84. The highest BCUT2D eigenvalue weighted by atomic mass is 35.5. The first-order valence-electron chi connectivity index (χ1n) is 7.37. The summed E-state index contributed by atoms with van der Waals surface area (Å²) in [6.07, 6.45) is 4.47. The zero-order valence-electron chi connectivity index (χ0n) is 12.5. The average molecular weight is 340 g/mol. The fourth-order valence-corrected chi connectivity index (χ4v) is 3.37. The number of benzene rings is 1. The van der Waals surface area contributed by atoms with Crippen molar-refractivity contribution in [3.8, 4) is 0 Å². The van der Waals surface area contributed by atoms with Crippen LogP contribution in [0, 0.1) is 0 Å². The molecular weight excluding hydrogens is 318 g/mol. The molecule has 2 heterocycles. The van der Waals surface area contributed by atoms with E-state index in [1.165, 1.54) is 10.4 Å². The summed E-state index contributed by atoms with van der Waals surface area (Å²) in [7, 11) is 0. The molecule has 1 fully saturated rings. The SMILES string of the molecule is Cl.Nc1ncc(CN2CCC(OCc3ccccc3)CC2)s1. The Kier molecular flexibility index (Phi) is 6.64.